The maximum absolute atomic E-state index is 12.8. The lowest BCUT2D eigenvalue weighted by Gasteiger charge is -2.12. The van der Waals surface area contributed by atoms with Crippen LogP contribution >= 0.6 is 35.7 Å². The van der Waals surface area contributed by atoms with Crippen molar-refractivity contribution < 1.29 is 13.2 Å². The van der Waals surface area contributed by atoms with Crippen molar-refractivity contribution in [1.29, 1.82) is 0 Å². The Bertz CT molecular complexity index is 490. The van der Waals surface area contributed by atoms with Gasteiger partial charge in [0.1, 0.15) is 0 Å². The number of aryl methyl sites for hydroxylation is 1. The molecule has 0 aliphatic heterocycles. The number of nitrogens with one attached hydrogen (secondary N) is 2. The lowest BCUT2D eigenvalue weighted by Crippen LogP contribution is -2.37. The third kappa shape index (κ3) is 8.13. The number of thioether (sulfide) groups is 1. The van der Waals surface area contributed by atoms with Crippen molar-refractivity contribution in [3.05, 3.63) is 17.5 Å². The highest BCUT2D eigenvalue weighted by Crippen LogP contribution is 2.30. The Balaban J connectivity index is 0.00000484. The molecule has 0 saturated heterocycles. The maximum Gasteiger partial charge on any atom is 0.435 e. The smallest absolute Gasteiger partial charge is 0.356 e. The van der Waals surface area contributed by atoms with Crippen LogP contribution in [-0.2, 0) is 19.8 Å². The van der Waals surface area contributed by atoms with Gasteiger partial charge in [-0.3, -0.25) is 9.67 Å². The predicted molar refractivity (Wildman–Crippen MR) is 99.4 cm³/mol. The summed E-state index contributed by atoms with van der Waals surface area (Å²) in [5, 5.41) is 9.44. The Kier molecular flexibility index (Phi) is 10.7. The molecule has 0 amide bonds. The van der Waals surface area contributed by atoms with Crippen LogP contribution in [0.4, 0.5) is 13.2 Å². The summed E-state index contributed by atoms with van der Waals surface area (Å²) in [5.74, 6) is 1.58. The van der Waals surface area contributed by atoms with E-state index in [-0.39, 0.29) is 36.1 Å². The van der Waals surface area contributed by atoms with E-state index in [1.807, 2.05) is 0 Å². The second-order valence-corrected chi connectivity index (χ2v) is 5.71. The average Bonchev–Trinajstić information content (AvgIpc) is 2.83. The van der Waals surface area contributed by atoms with Gasteiger partial charge in [-0.05, 0) is 24.9 Å². The lowest BCUT2D eigenvalue weighted by molar-refractivity contribution is -0.142. The summed E-state index contributed by atoms with van der Waals surface area (Å²) in [5.41, 5.74) is -0.766. The van der Waals surface area contributed by atoms with Crippen LogP contribution in [0.15, 0.2) is 11.2 Å². The van der Waals surface area contributed by atoms with Gasteiger partial charge in [0.2, 0.25) is 0 Å². The van der Waals surface area contributed by atoms with Gasteiger partial charge in [-0.1, -0.05) is 0 Å². The molecule has 0 radical (unpaired) electrons. The third-order valence-corrected chi connectivity index (χ3v) is 3.61. The first-order valence-corrected chi connectivity index (χ1v) is 8.31. The zero-order valence-electron chi connectivity index (χ0n) is 13.4. The van der Waals surface area contributed by atoms with E-state index in [2.05, 4.69) is 27.0 Å². The average molecular weight is 465 g/mol. The Morgan fingerprint density at radius 3 is 2.61 bits per heavy atom. The molecule has 0 aromatic carbocycles. The van der Waals surface area contributed by atoms with E-state index < -0.39 is 11.9 Å². The molecule has 0 unspecified atom stereocenters. The van der Waals surface area contributed by atoms with Crippen molar-refractivity contribution >= 4 is 41.7 Å². The van der Waals surface area contributed by atoms with Gasteiger partial charge >= 0.3 is 6.18 Å². The molecular formula is C13H23F3IN5S. The quantitative estimate of drug-likeness (QED) is 0.282. The van der Waals surface area contributed by atoms with E-state index in [1.54, 1.807) is 18.8 Å². The SMILES string of the molecule is CN=C(NCCCCSC)NCc1cn(C)nc1C(F)(F)F.I. The summed E-state index contributed by atoms with van der Waals surface area (Å²) < 4.78 is 39.7. The summed E-state index contributed by atoms with van der Waals surface area (Å²) in [7, 11) is 3.06. The molecule has 1 aromatic rings. The molecule has 1 heterocycles. The summed E-state index contributed by atoms with van der Waals surface area (Å²) in [6.07, 6.45) is 1.04. The molecule has 0 aliphatic carbocycles. The van der Waals surface area contributed by atoms with Crippen LogP contribution < -0.4 is 10.6 Å². The molecule has 0 aliphatic rings. The first-order chi connectivity index (χ1) is 10.4. The normalized spacial score (nSPS) is 12.0. The second-order valence-electron chi connectivity index (χ2n) is 4.73. The largest absolute Gasteiger partial charge is 0.435 e. The predicted octanol–water partition coefficient (Wildman–Crippen LogP) is 2.87. The standard InChI is InChI=1S/C13H22F3N5S.HI/c1-17-12(18-6-4-5-7-22-3)19-8-10-9-21(2)20-11(10)13(14,15)16;/h9H,4-8H2,1-3H3,(H2,17,18,19);1H. The van der Waals surface area contributed by atoms with Gasteiger partial charge in [0.25, 0.3) is 0 Å². The van der Waals surface area contributed by atoms with Gasteiger partial charge in [-0.15, -0.1) is 24.0 Å². The molecule has 0 fully saturated rings. The molecule has 0 bridgehead atoms. The van der Waals surface area contributed by atoms with Crippen molar-refractivity contribution in [2.45, 2.75) is 25.6 Å². The van der Waals surface area contributed by atoms with Gasteiger partial charge in [-0.25, -0.2) is 0 Å². The van der Waals surface area contributed by atoms with Crippen molar-refractivity contribution in [3.63, 3.8) is 0 Å². The van der Waals surface area contributed by atoms with Crippen LogP contribution in [-0.4, -0.2) is 41.3 Å². The van der Waals surface area contributed by atoms with E-state index in [0.717, 1.165) is 25.1 Å². The number of aliphatic imine (C=N–C) groups is 1. The molecule has 134 valence electrons. The van der Waals surface area contributed by atoms with Crippen LogP contribution in [0, 0.1) is 0 Å². The fourth-order valence-corrected chi connectivity index (χ4v) is 2.38. The number of nitrogens with zero attached hydrogens (tertiary/aromatic N) is 3. The highest BCUT2D eigenvalue weighted by atomic mass is 127. The molecule has 1 aromatic heterocycles. The number of aromatic nitrogens is 2. The first-order valence-electron chi connectivity index (χ1n) is 6.91. The fraction of sp³-hybridized carbons (Fsp3) is 0.692. The maximum atomic E-state index is 12.8. The lowest BCUT2D eigenvalue weighted by atomic mass is 10.2. The number of unbranched alkanes of at least 4 members (excludes halogenated alkanes) is 1. The Morgan fingerprint density at radius 2 is 2.04 bits per heavy atom. The molecule has 1 rings (SSSR count). The van der Waals surface area contributed by atoms with E-state index in [9.17, 15) is 13.2 Å². The van der Waals surface area contributed by atoms with Crippen LogP contribution in [0.25, 0.3) is 0 Å². The number of alkyl halides is 3. The molecule has 0 saturated carbocycles. The van der Waals surface area contributed by atoms with Gasteiger partial charge in [0.15, 0.2) is 11.7 Å². The summed E-state index contributed by atoms with van der Waals surface area (Å²) in [4.78, 5) is 4.00. The minimum Gasteiger partial charge on any atom is -0.356 e. The molecular weight excluding hydrogens is 442 g/mol. The van der Waals surface area contributed by atoms with E-state index in [1.165, 1.54) is 17.9 Å². The summed E-state index contributed by atoms with van der Waals surface area (Å²) in [6.45, 7) is 0.757. The minimum absolute atomic E-state index is 0. The van der Waals surface area contributed by atoms with Crippen LogP contribution in [0.1, 0.15) is 24.1 Å². The number of hydrogen-bond acceptors (Lipinski definition) is 3. The Hall–Kier alpha value is -0.650. The molecule has 0 atom stereocenters. The number of hydrogen-bond donors (Lipinski definition) is 2. The van der Waals surface area contributed by atoms with Gasteiger partial charge in [-0.2, -0.15) is 30.0 Å². The van der Waals surface area contributed by atoms with Crippen molar-refractivity contribution in [1.82, 2.24) is 20.4 Å². The summed E-state index contributed by atoms with van der Waals surface area (Å²) >= 11 is 1.79. The first kappa shape index (κ1) is 22.4. The summed E-state index contributed by atoms with van der Waals surface area (Å²) in [6, 6.07) is 0. The Morgan fingerprint density at radius 1 is 1.35 bits per heavy atom. The van der Waals surface area contributed by atoms with E-state index in [0.29, 0.717) is 5.96 Å². The zero-order chi connectivity index (χ0) is 16.6. The fourth-order valence-electron chi connectivity index (χ4n) is 1.88. The van der Waals surface area contributed by atoms with Crippen molar-refractivity contribution in [2.24, 2.45) is 12.0 Å². The molecule has 0 spiro atoms. The number of halogens is 4. The van der Waals surface area contributed by atoms with Crippen LogP contribution in [0.5, 0.6) is 0 Å². The molecule has 10 heteroatoms. The molecule has 2 N–H and O–H groups in total. The third-order valence-electron chi connectivity index (χ3n) is 2.91. The molecule has 5 nitrogen and oxygen atoms in total. The minimum atomic E-state index is -4.45. The second kappa shape index (κ2) is 11.0. The molecule has 23 heavy (non-hydrogen) atoms. The topological polar surface area (TPSA) is 54.2 Å². The Labute approximate surface area is 155 Å². The van der Waals surface area contributed by atoms with Crippen molar-refractivity contribution in [3.8, 4) is 0 Å². The highest BCUT2D eigenvalue weighted by Gasteiger charge is 2.36. The van der Waals surface area contributed by atoms with Gasteiger partial charge in [0.05, 0.1) is 0 Å². The van der Waals surface area contributed by atoms with Crippen molar-refractivity contribution in [2.75, 3.05) is 25.6 Å². The van der Waals surface area contributed by atoms with E-state index in [4.69, 9.17) is 0 Å². The van der Waals surface area contributed by atoms with Crippen LogP contribution in [0.2, 0.25) is 0 Å². The highest BCUT2D eigenvalue weighted by molar-refractivity contribution is 14.0. The monoisotopic (exact) mass is 465 g/mol. The number of guanidine groups is 1. The number of rotatable bonds is 7. The van der Waals surface area contributed by atoms with Gasteiger partial charge < -0.3 is 10.6 Å². The zero-order valence-corrected chi connectivity index (χ0v) is 16.6. The van der Waals surface area contributed by atoms with E-state index >= 15 is 0 Å². The van der Waals surface area contributed by atoms with Gasteiger partial charge in [0, 0.05) is 38.9 Å². The van der Waals surface area contributed by atoms with Crippen LogP contribution in [0.3, 0.4) is 0 Å².